The third-order valence-corrected chi connectivity index (χ3v) is 4.53. The smallest absolute Gasteiger partial charge is 0.0508 e. The minimum atomic E-state index is 0.606. The molecular weight excluding hydrogens is 320 g/mol. The molecule has 1 aliphatic heterocycles. The average molecular weight is 334 g/mol. The summed E-state index contributed by atoms with van der Waals surface area (Å²) >= 11 is 7.19. The lowest BCUT2D eigenvalue weighted by Gasteiger charge is -2.27. The van der Waals surface area contributed by atoms with Crippen LogP contribution in [0.1, 0.15) is 12.0 Å². The fraction of sp³-hybridized carbons (Fsp3) is 0.500. The van der Waals surface area contributed by atoms with Crippen molar-refractivity contribution in [1.29, 1.82) is 0 Å². The zero-order chi connectivity index (χ0) is 10.7. The van der Waals surface area contributed by atoms with Gasteiger partial charge in [0.1, 0.15) is 0 Å². The summed E-state index contributed by atoms with van der Waals surface area (Å²) in [5, 5.41) is 0. The van der Waals surface area contributed by atoms with Crippen LogP contribution in [0.3, 0.4) is 0 Å². The summed E-state index contributed by atoms with van der Waals surface area (Å²) in [7, 11) is 0. The lowest BCUT2D eigenvalue weighted by Crippen LogP contribution is -2.29. The Morgan fingerprint density at radius 3 is 2.67 bits per heavy atom. The lowest BCUT2D eigenvalue weighted by molar-refractivity contribution is 0.0605. The molecule has 0 bridgehead atoms. The molecule has 0 N–H and O–H groups in total. The van der Waals surface area contributed by atoms with Crippen LogP contribution in [-0.2, 0) is 11.2 Å². The Morgan fingerprint density at radius 2 is 2.00 bits per heavy atom. The van der Waals surface area contributed by atoms with Gasteiger partial charge in [0.2, 0.25) is 0 Å². The minimum Gasteiger partial charge on any atom is -0.381 e. The summed E-state index contributed by atoms with van der Waals surface area (Å²) in [6, 6.07) is 8.56. The second-order valence-electron chi connectivity index (χ2n) is 3.97. The maximum Gasteiger partial charge on any atom is 0.0508 e. The molecule has 1 fully saturated rings. The van der Waals surface area contributed by atoms with Crippen LogP contribution in [0.2, 0.25) is 0 Å². The molecule has 0 saturated carbocycles. The molecule has 1 aliphatic rings. The molecular formula is C12H14Br2O. The molecule has 82 valence electrons. The first-order valence-corrected chi connectivity index (χ1v) is 6.93. The Morgan fingerprint density at radius 1 is 1.27 bits per heavy atom. The van der Waals surface area contributed by atoms with Crippen molar-refractivity contribution in [3.63, 3.8) is 0 Å². The molecule has 1 aromatic carbocycles. The van der Waals surface area contributed by atoms with E-state index in [0.717, 1.165) is 30.5 Å². The van der Waals surface area contributed by atoms with Crippen molar-refractivity contribution in [3.05, 3.63) is 34.3 Å². The van der Waals surface area contributed by atoms with Gasteiger partial charge in [0.25, 0.3) is 0 Å². The van der Waals surface area contributed by atoms with Crippen LogP contribution < -0.4 is 0 Å². The Labute approximate surface area is 107 Å². The minimum absolute atomic E-state index is 0.606. The van der Waals surface area contributed by atoms with Gasteiger partial charge in [0, 0.05) is 15.9 Å². The van der Waals surface area contributed by atoms with E-state index in [4.69, 9.17) is 4.74 Å². The third-order valence-electron chi connectivity index (χ3n) is 2.79. The summed E-state index contributed by atoms with van der Waals surface area (Å²) in [4.78, 5) is 0.606. The Hall–Kier alpha value is 0.140. The molecule has 3 heteroatoms. The highest BCUT2D eigenvalue weighted by atomic mass is 79.9. The van der Waals surface area contributed by atoms with Gasteiger partial charge >= 0.3 is 0 Å². The van der Waals surface area contributed by atoms with Crippen molar-refractivity contribution < 1.29 is 4.74 Å². The first-order valence-electron chi connectivity index (χ1n) is 5.22. The van der Waals surface area contributed by atoms with Crippen molar-refractivity contribution in [3.8, 4) is 0 Å². The highest BCUT2D eigenvalue weighted by Gasteiger charge is 2.23. The van der Waals surface area contributed by atoms with Gasteiger partial charge in [0.15, 0.2) is 0 Å². The molecule has 0 radical (unpaired) electrons. The van der Waals surface area contributed by atoms with Gasteiger partial charge in [-0.1, -0.05) is 44.0 Å². The van der Waals surface area contributed by atoms with E-state index in [1.807, 2.05) is 0 Å². The second-order valence-corrected chi connectivity index (χ2v) is 6.06. The number of ether oxygens (including phenoxy) is 1. The van der Waals surface area contributed by atoms with Crippen LogP contribution in [0.4, 0.5) is 0 Å². The summed E-state index contributed by atoms with van der Waals surface area (Å²) in [6.07, 6.45) is 2.23. The number of rotatable bonds is 2. The summed E-state index contributed by atoms with van der Waals surface area (Å²) < 4.78 is 6.65. The Bertz CT molecular complexity index is 310. The molecule has 0 spiro atoms. The van der Waals surface area contributed by atoms with Gasteiger partial charge in [-0.15, -0.1) is 0 Å². The monoisotopic (exact) mass is 332 g/mol. The van der Waals surface area contributed by atoms with Crippen LogP contribution in [-0.4, -0.2) is 18.0 Å². The molecule has 1 aromatic rings. The molecule has 2 unspecified atom stereocenters. The fourth-order valence-electron chi connectivity index (χ4n) is 1.88. The zero-order valence-corrected chi connectivity index (χ0v) is 11.6. The summed E-state index contributed by atoms with van der Waals surface area (Å²) in [6.45, 7) is 1.78. The van der Waals surface area contributed by atoms with Crippen LogP contribution in [0.15, 0.2) is 28.7 Å². The highest BCUT2D eigenvalue weighted by Crippen LogP contribution is 2.25. The second kappa shape index (κ2) is 5.46. The van der Waals surface area contributed by atoms with E-state index in [-0.39, 0.29) is 0 Å². The fourth-order valence-corrected chi connectivity index (χ4v) is 2.67. The van der Waals surface area contributed by atoms with Crippen molar-refractivity contribution >= 4 is 31.9 Å². The Kier molecular flexibility index (Phi) is 4.23. The average Bonchev–Trinajstić information content (AvgIpc) is 2.25. The number of halogens is 2. The molecule has 1 nitrogen and oxygen atoms in total. The van der Waals surface area contributed by atoms with E-state index < -0.39 is 0 Å². The molecule has 0 aliphatic carbocycles. The van der Waals surface area contributed by atoms with Gasteiger partial charge in [0.05, 0.1) is 6.61 Å². The van der Waals surface area contributed by atoms with Crippen LogP contribution in [0.25, 0.3) is 0 Å². The SMILES string of the molecule is Brc1ccc(CC2COCCC2Br)cc1. The highest BCUT2D eigenvalue weighted by molar-refractivity contribution is 9.10. The number of benzene rings is 1. The number of hydrogen-bond donors (Lipinski definition) is 0. The van der Waals surface area contributed by atoms with Crippen molar-refractivity contribution in [2.45, 2.75) is 17.7 Å². The summed E-state index contributed by atoms with van der Waals surface area (Å²) in [5.74, 6) is 0.611. The number of hydrogen-bond acceptors (Lipinski definition) is 1. The van der Waals surface area contributed by atoms with Crippen molar-refractivity contribution in [1.82, 2.24) is 0 Å². The third kappa shape index (κ3) is 3.30. The topological polar surface area (TPSA) is 9.23 Å². The quantitative estimate of drug-likeness (QED) is 0.748. The van der Waals surface area contributed by atoms with Gasteiger partial charge < -0.3 is 4.74 Å². The standard InChI is InChI=1S/C12H14Br2O/c13-11-3-1-9(2-4-11)7-10-8-15-6-5-12(10)14/h1-4,10,12H,5-8H2. The largest absolute Gasteiger partial charge is 0.381 e. The van der Waals surface area contributed by atoms with Crippen molar-refractivity contribution in [2.75, 3.05) is 13.2 Å². The maximum absolute atomic E-state index is 5.51. The predicted octanol–water partition coefficient (Wildman–Crippen LogP) is 3.79. The van der Waals surface area contributed by atoms with E-state index in [1.165, 1.54) is 5.56 Å². The maximum atomic E-state index is 5.51. The first-order chi connectivity index (χ1) is 7.25. The van der Waals surface area contributed by atoms with Gasteiger partial charge in [-0.05, 0) is 36.5 Å². The zero-order valence-electron chi connectivity index (χ0n) is 8.46. The normalized spacial score (nSPS) is 26.5. The predicted molar refractivity (Wildman–Crippen MR) is 69.5 cm³/mol. The van der Waals surface area contributed by atoms with Crippen LogP contribution >= 0.6 is 31.9 Å². The van der Waals surface area contributed by atoms with Gasteiger partial charge in [-0.2, -0.15) is 0 Å². The van der Waals surface area contributed by atoms with E-state index >= 15 is 0 Å². The van der Waals surface area contributed by atoms with E-state index in [0.29, 0.717) is 10.7 Å². The molecule has 2 atom stereocenters. The summed E-state index contributed by atoms with van der Waals surface area (Å²) in [5.41, 5.74) is 1.39. The van der Waals surface area contributed by atoms with Crippen molar-refractivity contribution in [2.24, 2.45) is 5.92 Å². The van der Waals surface area contributed by atoms with E-state index in [9.17, 15) is 0 Å². The molecule has 1 saturated heterocycles. The molecule has 15 heavy (non-hydrogen) atoms. The Balaban J connectivity index is 1.98. The molecule has 2 rings (SSSR count). The van der Waals surface area contributed by atoms with E-state index in [2.05, 4.69) is 56.1 Å². The van der Waals surface area contributed by atoms with Crippen LogP contribution in [0, 0.1) is 5.92 Å². The first kappa shape index (κ1) is 11.6. The van der Waals surface area contributed by atoms with Crippen LogP contribution in [0.5, 0.6) is 0 Å². The van der Waals surface area contributed by atoms with Gasteiger partial charge in [-0.3, -0.25) is 0 Å². The molecule has 1 heterocycles. The lowest BCUT2D eigenvalue weighted by atomic mass is 9.94. The molecule has 0 amide bonds. The number of alkyl halides is 1. The van der Waals surface area contributed by atoms with E-state index in [1.54, 1.807) is 0 Å². The molecule has 0 aromatic heterocycles. The van der Waals surface area contributed by atoms with Gasteiger partial charge in [-0.25, -0.2) is 0 Å².